The van der Waals surface area contributed by atoms with Crippen molar-refractivity contribution in [1.29, 1.82) is 0 Å². The summed E-state index contributed by atoms with van der Waals surface area (Å²) in [7, 11) is 3.43. The Morgan fingerprint density at radius 2 is 1.55 bits per heavy atom. The first kappa shape index (κ1) is 13.0. The van der Waals surface area contributed by atoms with Crippen LogP contribution in [-0.2, 0) is 12.8 Å². The van der Waals surface area contributed by atoms with Crippen molar-refractivity contribution in [3.8, 4) is 11.5 Å². The molecule has 0 fully saturated rings. The summed E-state index contributed by atoms with van der Waals surface area (Å²) in [4.78, 5) is 0. The van der Waals surface area contributed by atoms with Gasteiger partial charge in [0.2, 0.25) is 0 Å². The molecule has 0 bridgehead atoms. The van der Waals surface area contributed by atoms with Crippen LogP contribution in [0.5, 0.6) is 11.5 Å². The maximum Gasteiger partial charge on any atom is 0.119 e. The summed E-state index contributed by atoms with van der Waals surface area (Å²) in [6.07, 6.45) is 3.46. The summed E-state index contributed by atoms with van der Waals surface area (Å²) in [5.74, 6) is 2.48. The van der Waals surface area contributed by atoms with Crippen LogP contribution in [0, 0.1) is 0 Å². The molecule has 2 aromatic rings. The number of fused-ring (bicyclic) bond motifs is 1. The molecule has 0 aromatic heterocycles. The van der Waals surface area contributed by atoms with Crippen molar-refractivity contribution in [2.24, 2.45) is 0 Å². The van der Waals surface area contributed by atoms with Gasteiger partial charge < -0.3 is 9.47 Å². The standard InChI is InChI=1S/C18H20O2/c1-19-17-8-5-13(6-9-17)15-4-3-14-7-10-18(20-2)12-16(14)11-15/h5-10,12,15H,3-4,11H2,1-2H3. The van der Waals surface area contributed by atoms with Crippen molar-refractivity contribution in [2.45, 2.75) is 25.2 Å². The van der Waals surface area contributed by atoms with Crippen molar-refractivity contribution in [2.75, 3.05) is 14.2 Å². The van der Waals surface area contributed by atoms with Gasteiger partial charge in [0, 0.05) is 0 Å². The van der Waals surface area contributed by atoms with Gasteiger partial charge in [0.1, 0.15) is 11.5 Å². The predicted molar refractivity (Wildman–Crippen MR) is 80.8 cm³/mol. The van der Waals surface area contributed by atoms with Crippen molar-refractivity contribution in [1.82, 2.24) is 0 Å². The van der Waals surface area contributed by atoms with Gasteiger partial charge in [0.15, 0.2) is 0 Å². The highest BCUT2D eigenvalue weighted by Crippen LogP contribution is 2.34. The Morgan fingerprint density at radius 3 is 2.25 bits per heavy atom. The summed E-state index contributed by atoms with van der Waals surface area (Å²) >= 11 is 0. The molecule has 0 spiro atoms. The molecule has 1 aliphatic carbocycles. The van der Waals surface area contributed by atoms with Crippen molar-refractivity contribution >= 4 is 0 Å². The lowest BCUT2D eigenvalue weighted by Crippen LogP contribution is -2.12. The summed E-state index contributed by atoms with van der Waals surface area (Å²) in [6, 6.07) is 14.9. The zero-order valence-electron chi connectivity index (χ0n) is 12.1. The molecule has 2 aromatic carbocycles. The van der Waals surface area contributed by atoms with E-state index in [4.69, 9.17) is 9.47 Å². The normalized spacial score (nSPS) is 17.4. The lowest BCUT2D eigenvalue weighted by Gasteiger charge is -2.25. The molecule has 0 radical (unpaired) electrons. The third kappa shape index (κ3) is 2.51. The molecule has 0 saturated heterocycles. The van der Waals surface area contributed by atoms with Gasteiger partial charge in [0.25, 0.3) is 0 Å². The Kier molecular flexibility index (Phi) is 3.64. The fraction of sp³-hybridized carbons (Fsp3) is 0.333. The van der Waals surface area contributed by atoms with E-state index >= 15 is 0 Å². The van der Waals surface area contributed by atoms with Gasteiger partial charge in [-0.3, -0.25) is 0 Å². The smallest absolute Gasteiger partial charge is 0.119 e. The van der Waals surface area contributed by atoms with Crippen LogP contribution in [0.2, 0.25) is 0 Å². The van der Waals surface area contributed by atoms with Crippen LogP contribution >= 0.6 is 0 Å². The number of methoxy groups -OCH3 is 2. The largest absolute Gasteiger partial charge is 0.497 e. The molecule has 2 nitrogen and oxygen atoms in total. The Labute approximate surface area is 120 Å². The highest BCUT2D eigenvalue weighted by atomic mass is 16.5. The Morgan fingerprint density at radius 1 is 0.850 bits per heavy atom. The SMILES string of the molecule is COc1ccc(C2CCc3ccc(OC)cc3C2)cc1. The molecular formula is C18H20O2. The Bertz CT molecular complexity index is 587. The number of ether oxygens (including phenoxy) is 2. The van der Waals surface area contributed by atoms with Crippen LogP contribution in [-0.4, -0.2) is 14.2 Å². The molecule has 1 unspecified atom stereocenters. The minimum absolute atomic E-state index is 0.598. The van der Waals surface area contributed by atoms with Crippen LogP contribution in [0.4, 0.5) is 0 Å². The van der Waals surface area contributed by atoms with Gasteiger partial charge in [-0.1, -0.05) is 18.2 Å². The van der Waals surface area contributed by atoms with Gasteiger partial charge in [-0.2, -0.15) is 0 Å². The summed E-state index contributed by atoms with van der Waals surface area (Å²) in [5.41, 5.74) is 4.30. The molecule has 0 aliphatic heterocycles. The van der Waals surface area contributed by atoms with E-state index in [0.717, 1.165) is 24.3 Å². The van der Waals surface area contributed by atoms with Crippen LogP contribution in [0.1, 0.15) is 29.0 Å². The van der Waals surface area contributed by atoms with Crippen LogP contribution in [0.3, 0.4) is 0 Å². The molecule has 0 amide bonds. The van der Waals surface area contributed by atoms with E-state index in [9.17, 15) is 0 Å². The number of hydrogen-bond acceptors (Lipinski definition) is 2. The Hall–Kier alpha value is -1.96. The topological polar surface area (TPSA) is 18.5 Å². The summed E-state index contributed by atoms with van der Waals surface area (Å²) in [6.45, 7) is 0. The first-order valence-electron chi connectivity index (χ1n) is 7.10. The molecule has 0 heterocycles. The lowest BCUT2D eigenvalue weighted by molar-refractivity contribution is 0.413. The van der Waals surface area contributed by atoms with Crippen LogP contribution in [0.25, 0.3) is 0 Å². The predicted octanol–water partition coefficient (Wildman–Crippen LogP) is 3.98. The Balaban J connectivity index is 1.83. The van der Waals surface area contributed by atoms with E-state index in [1.165, 1.54) is 23.1 Å². The van der Waals surface area contributed by atoms with Crippen molar-refractivity contribution in [3.05, 3.63) is 59.2 Å². The first-order valence-corrected chi connectivity index (χ1v) is 7.10. The third-order valence-electron chi connectivity index (χ3n) is 4.23. The van der Waals surface area contributed by atoms with Gasteiger partial charge >= 0.3 is 0 Å². The maximum absolute atomic E-state index is 5.33. The zero-order valence-corrected chi connectivity index (χ0v) is 12.1. The average molecular weight is 268 g/mol. The molecule has 2 heteroatoms. The molecule has 3 rings (SSSR count). The highest BCUT2D eigenvalue weighted by molar-refractivity contribution is 5.40. The van der Waals surface area contributed by atoms with Gasteiger partial charge in [-0.15, -0.1) is 0 Å². The maximum atomic E-state index is 5.33. The second-order valence-corrected chi connectivity index (χ2v) is 5.35. The van der Waals surface area contributed by atoms with E-state index in [2.05, 4.69) is 42.5 Å². The molecule has 1 atom stereocenters. The van der Waals surface area contributed by atoms with E-state index in [1.54, 1.807) is 14.2 Å². The molecule has 1 aliphatic rings. The lowest BCUT2D eigenvalue weighted by atomic mass is 9.80. The highest BCUT2D eigenvalue weighted by Gasteiger charge is 2.20. The van der Waals surface area contributed by atoms with E-state index in [1.807, 2.05) is 0 Å². The number of benzene rings is 2. The summed E-state index contributed by atoms with van der Waals surface area (Å²) < 4.78 is 10.6. The van der Waals surface area contributed by atoms with E-state index in [0.29, 0.717) is 5.92 Å². The third-order valence-corrected chi connectivity index (χ3v) is 4.23. The van der Waals surface area contributed by atoms with Crippen molar-refractivity contribution in [3.63, 3.8) is 0 Å². The van der Waals surface area contributed by atoms with E-state index < -0.39 is 0 Å². The number of rotatable bonds is 3. The average Bonchev–Trinajstić information content (AvgIpc) is 2.54. The zero-order chi connectivity index (χ0) is 13.9. The van der Waals surface area contributed by atoms with Gasteiger partial charge in [0.05, 0.1) is 14.2 Å². The molecule has 104 valence electrons. The monoisotopic (exact) mass is 268 g/mol. The molecule has 0 saturated carbocycles. The van der Waals surface area contributed by atoms with Gasteiger partial charge in [-0.05, 0) is 66.1 Å². The van der Waals surface area contributed by atoms with Crippen molar-refractivity contribution < 1.29 is 9.47 Å². The number of aryl methyl sites for hydroxylation is 1. The fourth-order valence-electron chi connectivity index (χ4n) is 3.02. The van der Waals surface area contributed by atoms with E-state index in [-0.39, 0.29) is 0 Å². The van der Waals surface area contributed by atoms with Gasteiger partial charge in [-0.25, -0.2) is 0 Å². The molecule has 20 heavy (non-hydrogen) atoms. The second-order valence-electron chi connectivity index (χ2n) is 5.35. The van der Waals surface area contributed by atoms with Crippen LogP contribution < -0.4 is 9.47 Å². The molecular weight excluding hydrogens is 248 g/mol. The minimum Gasteiger partial charge on any atom is -0.497 e. The summed E-state index contributed by atoms with van der Waals surface area (Å²) in [5, 5.41) is 0. The first-order chi connectivity index (χ1) is 9.80. The second kappa shape index (κ2) is 5.58. The molecule has 0 N–H and O–H groups in total. The fourth-order valence-corrected chi connectivity index (χ4v) is 3.02. The quantitative estimate of drug-likeness (QED) is 0.838. The number of hydrogen-bond donors (Lipinski definition) is 0. The minimum atomic E-state index is 0.598. The van der Waals surface area contributed by atoms with Crippen LogP contribution in [0.15, 0.2) is 42.5 Å².